The Morgan fingerprint density at radius 3 is 2.35 bits per heavy atom. The molecule has 0 radical (unpaired) electrons. The van der Waals surface area contributed by atoms with Gasteiger partial charge in [0.25, 0.3) is 0 Å². The van der Waals surface area contributed by atoms with E-state index in [-0.39, 0.29) is 11.1 Å². The van der Waals surface area contributed by atoms with Crippen molar-refractivity contribution >= 4 is 17.4 Å². The first-order chi connectivity index (χ1) is 8.22. The Labute approximate surface area is 105 Å². The second-order valence-corrected chi connectivity index (χ2v) is 5.44. The minimum absolute atomic E-state index is 0.123. The molecule has 1 aromatic rings. The molecule has 17 heavy (non-hydrogen) atoms. The molecule has 3 nitrogen and oxygen atoms in total. The minimum Gasteiger partial charge on any atom is -0.353 e. The van der Waals surface area contributed by atoms with Crippen LogP contribution in [-0.4, -0.2) is 23.1 Å². The molecular formula is C12H15ClFN3. The van der Waals surface area contributed by atoms with Crippen molar-refractivity contribution in [3.8, 4) is 0 Å². The zero-order chi connectivity index (χ0) is 11.8. The molecular weight excluding hydrogens is 241 g/mol. The summed E-state index contributed by atoms with van der Waals surface area (Å²) < 4.78 is 13.7. The molecule has 0 aromatic carbocycles. The standard InChI is InChI=1S/C12H15ClFN3/c13-12-15-5-10(14)11(16-12)17(6-8-1-2-8)7-9-3-4-9/h5,8-9H,1-4,6-7H2. The van der Waals surface area contributed by atoms with E-state index in [1.54, 1.807) is 0 Å². The van der Waals surface area contributed by atoms with Crippen LogP contribution in [0.5, 0.6) is 0 Å². The summed E-state index contributed by atoms with van der Waals surface area (Å²) in [6.45, 7) is 1.81. The highest BCUT2D eigenvalue weighted by Gasteiger charge is 2.31. The predicted molar refractivity (Wildman–Crippen MR) is 64.7 cm³/mol. The highest BCUT2D eigenvalue weighted by Crippen LogP contribution is 2.35. The third kappa shape index (κ3) is 2.86. The zero-order valence-electron chi connectivity index (χ0n) is 9.57. The summed E-state index contributed by atoms with van der Waals surface area (Å²) in [5, 5.41) is 0.123. The van der Waals surface area contributed by atoms with Crippen LogP contribution in [-0.2, 0) is 0 Å². The van der Waals surface area contributed by atoms with Gasteiger partial charge >= 0.3 is 0 Å². The van der Waals surface area contributed by atoms with E-state index in [0.29, 0.717) is 17.7 Å². The van der Waals surface area contributed by atoms with E-state index in [0.717, 1.165) is 19.3 Å². The maximum Gasteiger partial charge on any atom is 0.224 e. The Balaban J connectivity index is 1.80. The van der Waals surface area contributed by atoms with Crippen molar-refractivity contribution < 1.29 is 4.39 Å². The number of anilines is 1. The number of halogens is 2. The summed E-state index contributed by atoms with van der Waals surface area (Å²) in [6, 6.07) is 0. The monoisotopic (exact) mass is 255 g/mol. The van der Waals surface area contributed by atoms with Gasteiger partial charge in [0.2, 0.25) is 5.28 Å². The van der Waals surface area contributed by atoms with Crippen molar-refractivity contribution in [1.82, 2.24) is 9.97 Å². The molecule has 2 fully saturated rings. The topological polar surface area (TPSA) is 29.0 Å². The second-order valence-electron chi connectivity index (χ2n) is 5.10. The van der Waals surface area contributed by atoms with Gasteiger partial charge in [0, 0.05) is 13.1 Å². The first-order valence-corrected chi connectivity index (χ1v) is 6.53. The summed E-state index contributed by atoms with van der Waals surface area (Å²) in [4.78, 5) is 9.76. The van der Waals surface area contributed by atoms with Crippen LogP contribution in [0.2, 0.25) is 5.28 Å². The molecule has 0 N–H and O–H groups in total. The van der Waals surface area contributed by atoms with Crippen molar-refractivity contribution in [2.75, 3.05) is 18.0 Å². The number of aromatic nitrogens is 2. The summed E-state index contributed by atoms with van der Waals surface area (Å²) >= 11 is 5.75. The fourth-order valence-electron chi connectivity index (χ4n) is 2.03. The largest absolute Gasteiger partial charge is 0.353 e. The lowest BCUT2D eigenvalue weighted by Gasteiger charge is -2.23. The van der Waals surface area contributed by atoms with E-state index in [4.69, 9.17) is 11.6 Å². The van der Waals surface area contributed by atoms with Crippen molar-refractivity contribution in [3.63, 3.8) is 0 Å². The predicted octanol–water partition coefficient (Wildman–Crippen LogP) is 2.90. The zero-order valence-corrected chi connectivity index (χ0v) is 10.3. The van der Waals surface area contributed by atoms with Crippen LogP contribution >= 0.6 is 11.6 Å². The molecule has 2 aliphatic rings. The summed E-state index contributed by atoms with van der Waals surface area (Å²) in [5.74, 6) is 1.43. The lowest BCUT2D eigenvalue weighted by Crippen LogP contribution is -2.30. The summed E-state index contributed by atoms with van der Waals surface area (Å²) in [5.41, 5.74) is 0. The Morgan fingerprint density at radius 2 is 1.82 bits per heavy atom. The molecule has 1 heterocycles. The van der Waals surface area contributed by atoms with Crippen LogP contribution < -0.4 is 4.90 Å². The van der Waals surface area contributed by atoms with Crippen LogP contribution in [0.25, 0.3) is 0 Å². The van der Waals surface area contributed by atoms with Gasteiger partial charge in [0.1, 0.15) is 0 Å². The Kier molecular flexibility index (Phi) is 2.90. The van der Waals surface area contributed by atoms with Gasteiger partial charge in [-0.2, -0.15) is 4.98 Å². The van der Waals surface area contributed by atoms with Crippen molar-refractivity contribution in [2.45, 2.75) is 25.7 Å². The lowest BCUT2D eigenvalue weighted by atomic mass is 10.3. The number of nitrogens with zero attached hydrogens (tertiary/aromatic N) is 3. The Morgan fingerprint density at radius 1 is 1.24 bits per heavy atom. The SMILES string of the molecule is Fc1cnc(Cl)nc1N(CC1CC1)CC1CC1. The van der Waals surface area contributed by atoms with Crippen LogP contribution in [0.3, 0.4) is 0 Å². The van der Waals surface area contributed by atoms with Gasteiger partial charge in [-0.3, -0.25) is 0 Å². The van der Waals surface area contributed by atoms with Crippen molar-refractivity contribution in [3.05, 3.63) is 17.3 Å². The number of hydrogen-bond donors (Lipinski definition) is 0. The van der Waals surface area contributed by atoms with E-state index >= 15 is 0 Å². The van der Waals surface area contributed by atoms with Gasteiger partial charge in [-0.1, -0.05) is 0 Å². The van der Waals surface area contributed by atoms with Crippen LogP contribution in [0.15, 0.2) is 6.20 Å². The fraction of sp³-hybridized carbons (Fsp3) is 0.667. The van der Waals surface area contributed by atoms with E-state index in [9.17, 15) is 4.39 Å². The fourth-order valence-corrected chi connectivity index (χ4v) is 2.16. The molecule has 0 amide bonds. The van der Waals surface area contributed by atoms with Gasteiger partial charge < -0.3 is 4.90 Å². The Bertz CT molecular complexity index is 404. The normalized spacial score (nSPS) is 19.4. The van der Waals surface area contributed by atoms with Crippen molar-refractivity contribution in [1.29, 1.82) is 0 Å². The van der Waals surface area contributed by atoms with Crippen LogP contribution in [0, 0.1) is 17.7 Å². The minimum atomic E-state index is -0.365. The van der Waals surface area contributed by atoms with E-state index in [1.165, 1.54) is 25.7 Å². The molecule has 3 rings (SSSR count). The van der Waals surface area contributed by atoms with Gasteiger partial charge in [0.05, 0.1) is 6.20 Å². The third-order valence-corrected chi connectivity index (χ3v) is 3.53. The van der Waals surface area contributed by atoms with Gasteiger partial charge in [0.15, 0.2) is 11.6 Å². The molecule has 92 valence electrons. The number of hydrogen-bond acceptors (Lipinski definition) is 3. The van der Waals surface area contributed by atoms with E-state index in [1.807, 2.05) is 0 Å². The molecule has 0 bridgehead atoms. The lowest BCUT2D eigenvalue weighted by molar-refractivity contribution is 0.587. The molecule has 0 saturated heterocycles. The molecule has 2 aliphatic carbocycles. The molecule has 0 spiro atoms. The maximum atomic E-state index is 13.7. The molecule has 2 saturated carbocycles. The van der Waals surface area contributed by atoms with Gasteiger partial charge in [-0.15, -0.1) is 0 Å². The molecule has 0 unspecified atom stereocenters. The highest BCUT2D eigenvalue weighted by molar-refractivity contribution is 6.28. The Hall–Kier alpha value is -0.900. The third-order valence-electron chi connectivity index (χ3n) is 3.35. The van der Waals surface area contributed by atoms with Gasteiger partial charge in [-0.05, 0) is 49.1 Å². The van der Waals surface area contributed by atoms with E-state index < -0.39 is 0 Å². The summed E-state index contributed by atoms with van der Waals surface area (Å²) in [7, 11) is 0. The smallest absolute Gasteiger partial charge is 0.224 e. The average molecular weight is 256 g/mol. The first-order valence-electron chi connectivity index (χ1n) is 6.15. The molecule has 1 aromatic heterocycles. The number of rotatable bonds is 5. The van der Waals surface area contributed by atoms with E-state index in [2.05, 4.69) is 14.9 Å². The van der Waals surface area contributed by atoms with Crippen LogP contribution in [0.1, 0.15) is 25.7 Å². The van der Waals surface area contributed by atoms with Crippen LogP contribution in [0.4, 0.5) is 10.2 Å². The second kappa shape index (κ2) is 4.41. The van der Waals surface area contributed by atoms with Crippen molar-refractivity contribution in [2.24, 2.45) is 11.8 Å². The summed E-state index contributed by atoms with van der Waals surface area (Å²) in [6.07, 6.45) is 6.17. The van der Waals surface area contributed by atoms with Gasteiger partial charge in [-0.25, -0.2) is 9.37 Å². The quantitative estimate of drug-likeness (QED) is 0.758. The molecule has 0 atom stereocenters. The maximum absolute atomic E-state index is 13.7. The molecule has 5 heteroatoms. The average Bonchev–Trinajstić information content (AvgIpc) is 3.15. The first kappa shape index (κ1) is 11.2. The highest BCUT2D eigenvalue weighted by atomic mass is 35.5. The molecule has 0 aliphatic heterocycles.